The molecule has 1 amide bonds. The lowest BCUT2D eigenvalue weighted by molar-refractivity contribution is 0.0964. The van der Waals surface area contributed by atoms with E-state index in [1.807, 2.05) is 0 Å². The zero-order valence-corrected chi connectivity index (χ0v) is 14.2. The summed E-state index contributed by atoms with van der Waals surface area (Å²) < 4.78 is 19.1. The average Bonchev–Trinajstić information content (AvgIpc) is 2.99. The molecule has 132 valence electrons. The highest BCUT2D eigenvalue weighted by Crippen LogP contribution is 2.37. The molecule has 0 aliphatic carbocycles. The average molecular weight is 353 g/mol. The van der Waals surface area contributed by atoms with Crippen molar-refractivity contribution < 1.29 is 13.6 Å². The van der Waals surface area contributed by atoms with Crippen molar-refractivity contribution in [2.75, 3.05) is 12.8 Å². The SMILES string of the molecule is CNC(=O)c1c(-c2ccc(F)cc2)oc2cc(N)c(C(C)N=[N+]=[N-])cc12. The lowest BCUT2D eigenvalue weighted by atomic mass is 10.00. The van der Waals surface area contributed by atoms with E-state index in [1.54, 1.807) is 19.1 Å². The van der Waals surface area contributed by atoms with Crippen molar-refractivity contribution in [2.45, 2.75) is 13.0 Å². The summed E-state index contributed by atoms with van der Waals surface area (Å²) in [7, 11) is 1.51. The Morgan fingerprint density at radius 1 is 1.35 bits per heavy atom. The molecule has 0 spiro atoms. The van der Waals surface area contributed by atoms with Crippen molar-refractivity contribution >= 4 is 22.6 Å². The molecule has 1 atom stereocenters. The fourth-order valence-corrected chi connectivity index (χ4v) is 2.83. The summed E-state index contributed by atoms with van der Waals surface area (Å²) in [6.07, 6.45) is 0. The van der Waals surface area contributed by atoms with Gasteiger partial charge in [0.15, 0.2) is 0 Å². The van der Waals surface area contributed by atoms with E-state index in [-0.39, 0.29) is 11.7 Å². The van der Waals surface area contributed by atoms with Gasteiger partial charge < -0.3 is 15.5 Å². The van der Waals surface area contributed by atoms with E-state index in [4.69, 9.17) is 15.7 Å². The number of hydrogen-bond donors (Lipinski definition) is 2. The number of fused-ring (bicyclic) bond motifs is 1. The van der Waals surface area contributed by atoms with Crippen molar-refractivity contribution in [2.24, 2.45) is 5.11 Å². The van der Waals surface area contributed by atoms with Gasteiger partial charge in [-0.3, -0.25) is 4.79 Å². The van der Waals surface area contributed by atoms with Crippen LogP contribution in [0.3, 0.4) is 0 Å². The lowest BCUT2D eigenvalue weighted by Gasteiger charge is -2.09. The summed E-state index contributed by atoms with van der Waals surface area (Å²) in [6.45, 7) is 1.71. The van der Waals surface area contributed by atoms with Gasteiger partial charge in [-0.15, -0.1) is 0 Å². The van der Waals surface area contributed by atoms with Gasteiger partial charge in [0.25, 0.3) is 5.91 Å². The first-order valence-corrected chi connectivity index (χ1v) is 7.84. The molecular formula is C18H16FN5O2. The Bertz CT molecular complexity index is 1040. The molecule has 26 heavy (non-hydrogen) atoms. The van der Waals surface area contributed by atoms with Gasteiger partial charge in [-0.25, -0.2) is 4.39 Å². The maximum Gasteiger partial charge on any atom is 0.255 e. The monoisotopic (exact) mass is 353 g/mol. The topological polar surface area (TPSA) is 117 Å². The number of carbonyl (C=O) groups excluding carboxylic acids is 1. The molecule has 3 N–H and O–H groups in total. The number of amides is 1. The third kappa shape index (κ3) is 2.94. The second-order valence-corrected chi connectivity index (χ2v) is 5.75. The van der Waals surface area contributed by atoms with E-state index < -0.39 is 6.04 Å². The third-order valence-corrected chi connectivity index (χ3v) is 4.13. The number of azide groups is 1. The molecule has 3 aromatic rings. The quantitative estimate of drug-likeness (QED) is 0.310. The van der Waals surface area contributed by atoms with E-state index in [2.05, 4.69) is 15.3 Å². The Balaban J connectivity index is 2.30. The van der Waals surface area contributed by atoms with Crippen LogP contribution in [-0.2, 0) is 0 Å². The zero-order chi connectivity index (χ0) is 18.8. The van der Waals surface area contributed by atoms with Crippen molar-refractivity contribution in [3.63, 3.8) is 0 Å². The van der Waals surface area contributed by atoms with Crippen molar-refractivity contribution in [3.05, 3.63) is 63.8 Å². The van der Waals surface area contributed by atoms with Crippen LogP contribution < -0.4 is 11.1 Å². The van der Waals surface area contributed by atoms with E-state index in [0.29, 0.717) is 39.1 Å². The molecule has 7 nitrogen and oxygen atoms in total. The minimum Gasteiger partial charge on any atom is -0.455 e. The third-order valence-electron chi connectivity index (χ3n) is 4.13. The highest BCUT2D eigenvalue weighted by atomic mass is 19.1. The van der Waals surface area contributed by atoms with Crippen LogP contribution in [0.15, 0.2) is 45.9 Å². The number of hydrogen-bond acceptors (Lipinski definition) is 4. The maximum atomic E-state index is 13.2. The minimum atomic E-state index is -0.508. The first kappa shape index (κ1) is 17.3. The highest BCUT2D eigenvalue weighted by Gasteiger charge is 2.23. The van der Waals surface area contributed by atoms with Gasteiger partial charge in [0, 0.05) is 34.7 Å². The van der Waals surface area contributed by atoms with Gasteiger partial charge in [-0.2, -0.15) is 0 Å². The van der Waals surface area contributed by atoms with Gasteiger partial charge in [0.05, 0.1) is 11.6 Å². The van der Waals surface area contributed by atoms with Crippen LogP contribution in [-0.4, -0.2) is 13.0 Å². The zero-order valence-electron chi connectivity index (χ0n) is 14.2. The lowest BCUT2D eigenvalue weighted by Crippen LogP contribution is -2.18. The number of halogens is 1. The molecule has 1 unspecified atom stereocenters. The molecule has 0 aliphatic rings. The second-order valence-electron chi connectivity index (χ2n) is 5.75. The number of nitrogen functional groups attached to an aromatic ring is 1. The Morgan fingerprint density at radius 3 is 2.65 bits per heavy atom. The molecule has 0 saturated heterocycles. The number of rotatable bonds is 4. The number of nitrogens with one attached hydrogen (secondary N) is 1. The highest BCUT2D eigenvalue weighted by molar-refractivity contribution is 6.11. The number of benzene rings is 2. The van der Waals surface area contributed by atoms with Crippen LogP contribution in [0.2, 0.25) is 0 Å². The van der Waals surface area contributed by atoms with Crippen LogP contribution in [0.25, 0.3) is 32.7 Å². The summed E-state index contributed by atoms with van der Waals surface area (Å²) >= 11 is 0. The first-order valence-electron chi connectivity index (χ1n) is 7.84. The van der Waals surface area contributed by atoms with Crippen molar-refractivity contribution in [3.8, 4) is 11.3 Å². The predicted octanol–water partition coefficient (Wildman–Crippen LogP) is 4.55. The molecule has 0 bridgehead atoms. The van der Waals surface area contributed by atoms with Gasteiger partial charge in [-0.05, 0) is 41.4 Å². The molecule has 0 saturated carbocycles. The van der Waals surface area contributed by atoms with Gasteiger partial charge >= 0.3 is 0 Å². The van der Waals surface area contributed by atoms with Crippen molar-refractivity contribution in [1.82, 2.24) is 5.32 Å². The Morgan fingerprint density at radius 2 is 2.04 bits per heavy atom. The van der Waals surface area contributed by atoms with Crippen LogP contribution in [0, 0.1) is 5.82 Å². The molecular weight excluding hydrogens is 337 g/mol. The van der Waals surface area contributed by atoms with Gasteiger partial charge in [0.2, 0.25) is 0 Å². The number of nitrogens with zero attached hydrogens (tertiary/aromatic N) is 3. The predicted molar refractivity (Wildman–Crippen MR) is 97.0 cm³/mol. The minimum absolute atomic E-state index is 0.309. The fraction of sp³-hybridized carbons (Fsp3) is 0.167. The number of carbonyl (C=O) groups is 1. The Kier molecular flexibility index (Phi) is 4.51. The summed E-state index contributed by atoms with van der Waals surface area (Å²) in [5.74, 6) is -0.427. The molecule has 1 heterocycles. The van der Waals surface area contributed by atoms with Crippen molar-refractivity contribution in [1.29, 1.82) is 0 Å². The fourth-order valence-electron chi connectivity index (χ4n) is 2.83. The molecule has 3 rings (SSSR count). The number of nitrogens with two attached hydrogens (primary N) is 1. The van der Waals surface area contributed by atoms with E-state index >= 15 is 0 Å². The second kappa shape index (κ2) is 6.78. The van der Waals surface area contributed by atoms with Crippen LogP contribution in [0.4, 0.5) is 10.1 Å². The largest absolute Gasteiger partial charge is 0.455 e. The number of anilines is 1. The molecule has 0 aliphatic heterocycles. The summed E-state index contributed by atoms with van der Waals surface area (Å²) in [5.41, 5.74) is 17.0. The van der Waals surface area contributed by atoms with E-state index in [0.717, 1.165) is 0 Å². The number of furan rings is 1. The smallest absolute Gasteiger partial charge is 0.255 e. The summed E-state index contributed by atoms with van der Waals surface area (Å²) in [4.78, 5) is 15.3. The normalized spacial score (nSPS) is 11.8. The maximum absolute atomic E-state index is 13.2. The molecule has 8 heteroatoms. The Labute approximate surface area is 148 Å². The summed E-state index contributed by atoms with van der Waals surface area (Å²) in [5, 5.41) is 6.78. The van der Waals surface area contributed by atoms with Gasteiger partial charge in [0.1, 0.15) is 17.2 Å². The standard InChI is InChI=1S/C18H16FN5O2/c1-9(23-24-21)12-7-13-15(8-14(12)20)26-17(16(13)18(25)22-2)10-3-5-11(19)6-4-10/h3-9H,20H2,1-2H3,(H,22,25). The van der Waals surface area contributed by atoms with Crippen LogP contribution >= 0.6 is 0 Å². The van der Waals surface area contributed by atoms with E-state index in [1.165, 1.54) is 31.3 Å². The van der Waals surface area contributed by atoms with Crippen LogP contribution in [0.1, 0.15) is 28.9 Å². The van der Waals surface area contributed by atoms with Gasteiger partial charge in [-0.1, -0.05) is 12.0 Å². The molecule has 0 radical (unpaired) electrons. The Hall–Kier alpha value is -3.51. The molecule has 0 fully saturated rings. The summed E-state index contributed by atoms with van der Waals surface area (Å²) in [6, 6.07) is 8.42. The van der Waals surface area contributed by atoms with Crippen LogP contribution in [0.5, 0.6) is 0 Å². The van der Waals surface area contributed by atoms with E-state index in [9.17, 15) is 9.18 Å². The molecule has 2 aromatic carbocycles. The first-order chi connectivity index (χ1) is 12.5. The molecule has 1 aromatic heterocycles.